The summed E-state index contributed by atoms with van der Waals surface area (Å²) in [5, 5.41) is 0. The monoisotopic (exact) mass is 305 g/mol. The topological polar surface area (TPSA) is 82.1 Å². The number of fused-ring (bicyclic) bond motifs is 1. The second-order valence-corrected chi connectivity index (χ2v) is 4.99. The third kappa shape index (κ3) is 2.88. The van der Waals surface area contributed by atoms with E-state index in [0.717, 1.165) is 0 Å². The van der Waals surface area contributed by atoms with E-state index in [4.69, 9.17) is 14.2 Å². The van der Waals surface area contributed by atoms with Gasteiger partial charge in [0.2, 0.25) is 6.10 Å². The smallest absolute Gasteiger partial charge is 0.347 e. The molecule has 0 saturated carbocycles. The molecule has 22 heavy (non-hydrogen) atoms. The molecule has 7 nitrogen and oxygen atoms in total. The Labute approximate surface area is 126 Å². The molecule has 1 amide bonds. The molecule has 1 aromatic carbocycles. The van der Waals surface area contributed by atoms with Gasteiger partial charge in [-0.05, 0) is 12.1 Å². The molecule has 1 aromatic rings. The summed E-state index contributed by atoms with van der Waals surface area (Å²) in [6, 6.07) is 7.13. The Balaban J connectivity index is 1.60. The SMILES string of the molecule is O=C(CCN1C(=O)COc2ccccc21)O[C@@H]1CCOC1=O. The van der Waals surface area contributed by atoms with E-state index in [2.05, 4.69) is 0 Å². The molecule has 2 aliphatic heterocycles. The molecule has 3 rings (SSSR count). The fourth-order valence-electron chi connectivity index (χ4n) is 2.40. The molecule has 0 aliphatic carbocycles. The van der Waals surface area contributed by atoms with Gasteiger partial charge in [-0.1, -0.05) is 12.1 Å². The molecule has 0 unspecified atom stereocenters. The highest BCUT2D eigenvalue weighted by Crippen LogP contribution is 2.31. The summed E-state index contributed by atoms with van der Waals surface area (Å²) in [6.07, 6.45) is -0.437. The number of anilines is 1. The van der Waals surface area contributed by atoms with E-state index in [0.29, 0.717) is 17.9 Å². The zero-order valence-corrected chi connectivity index (χ0v) is 11.8. The van der Waals surface area contributed by atoms with Gasteiger partial charge in [-0.25, -0.2) is 4.79 Å². The van der Waals surface area contributed by atoms with Crippen LogP contribution in [-0.2, 0) is 23.9 Å². The van der Waals surface area contributed by atoms with E-state index < -0.39 is 18.0 Å². The molecule has 0 spiro atoms. The first kappa shape index (κ1) is 14.4. The van der Waals surface area contributed by atoms with Crippen molar-refractivity contribution in [2.75, 3.05) is 24.7 Å². The van der Waals surface area contributed by atoms with E-state index in [-0.39, 0.29) is 32.1 Å². The summed E-state index contributed by atoms with van der Waals surface area (Å²) in [7, 11) is 0. The van der Waals surface area contributed by atoms with Crippen molar-refractivity contribution in [1.29, 1.82) is 0 Å². The van der Waals surface area contributed by atoms with Gasteiger partial charge in [-0.3, -0.25) is 9.59 Å². The standard InChI is InChI=1S/C15H15NO6/c17-13-9-21-11-4-2-1-3-10(11)16(13)7-5-14(18)22-12-6-8-20-15(12)19/h1-4,12H,5-9H2/t12-/m1/s1. The Morgan fingerprint density at radius 2 is 2.09 bits per heavy atom. The number of carbonyl (C=O) groups is 3. The highest BCUT2D eigenvalue weighted by Gasteiger charge is 2.31. The van der Waals surface area contributed by atoms with Crippen molar-refractivity contribution >= 4 is 23.5 Å². The molecule has 0 aromatic heterocycles. The van der Waals surface area contributed by atoms with Crippen LogP contribution in [0.4, 0.5) is 5.69 Å². The number of nitrogens with zero attached hydrogens (tertiary/aromatic N) is 1. The van der Waals surface area contributed by atoms with Crippen molar-refractivity contribution in [3.63, 3.8) is 0 Å². The van der Waals surface area contributed by atoms with E-state index in [1.165, 1.54) is 4.90 Å². The van der Waals surface area contributed by atoms with E-state index in [9.17, 15) is 14.4 Å². The van der Waals surface area contributed by atoms with Gasteiger partial charge in [0, 0.05) is 13.0 Å². The van der Waals surface area contributed by atoms with Crippen LogP contribution in [0, 0.1) is 0 Å². The second kappa shape index (κ2) is 6.05. The lowest BCUT2D eigenvalue weighted by atomic mass is 10.2. The second-order valence-electron chi connectivity index (χ2n) is 4.99. The first-order valence-electron chi connectivity index (χ1n) is 7.03. The molecule has 2 heterocycles. The summed E-state index contributed by atoms with van der Waals surface area (Å²) in [6.45, 7) is 0.396. The van der Waals surface area contributed by atoms with E-state index in [1.807, 2.05) is 6.07 Å². The maximum atomic E-state index is 11.9. The van der Waals surface area contributed by atoms with Crippen LogP contribution in [0.5, 0.6) is 5.75 Å². The molecular weight excluding hydrogens is 290 g/mol. The van der Waals surface area contributed by atoms with Crippen LogP contribution in [0.1, 0.15) is 12.8 Å². The molecule has 1 atom stereocenters. The molecule has 116 valence electrons. The summed E-state index contributed by atoms with van der Waals surface area (Å²) in [5.41, 5.74) is 0.631. The van der Waals surface area contributed by atoms with Gasteiger partial charge in [0.15, 0.2) is 6.61 Å². The van der Waals surface area contributed by atoms with Crippen molar-refractivity contribution in [1.82, 2.24) is 0 Å². The molecule has 0 N–H and O–H groups in total. The van der Waals surface area contributed by atoms with Gasteiger partial charge in [0.05, 0.1) is 18.7 Å². The number of carbonyl (C=O) groups excluding carboxylic acids is 3. The van der Waals surface area contributed by atoms with Gasteiger partial charge in [0.1, 0.15) is 5.75 Å². The van der Waals surface area contributed by atoms with Crippen molar-refractivity contribution < 1.29 is 28.6 Å². The normalized spacial score (nSPS) is 20.2. The lowest BCUT2D eigenvalue weighted by molar-refractivity contribution is -0.160. The minimum absolute atomic E-state index is 0.00382. The lowest BCUT2D eigenvalue weighted by Gasteiger charge is -2.29. The average molecular weight is 305 g/mol. The Hall–Kier alpha value is -2.57. The number of esters is 2. The molecule has 1 fully saturated rings. The zero-order chi connectivity index (χ0) is 15.5. The number of hydrogen-bond donors (Lipinski definition) is 0. The van der Waals surface area contributed by atoms with Crippen LogP contribution >= 0.6 is 0 Å². The fourth-order valence-corrected chi connectivity index (χ4v) is 2.40. The van der Waals surface area contributed by atoms with Crippen molar-refractivity contribution in [2.24, 2.45) is 0 Å². The summed E-state index contributed by atoms with van der Waals surface area (Å²) < 4.78 is 15.1. The molecular formula is C15H15NO6. The van der Waals surface area contributed by atoms with Crippen LogP contribution < -0.4 is 9.64 Å². The van der Waals surface area contributed by atoms with E-state index in [1.54, 1.807) is 18.2 Å². The minimum Gasteiger partial charge on any atom is -0.482 e. The van der Waals surface area contributed by atoms with Crippen LogP contribution in [0.3, 0.4) is 0 Å². The number of para-hydroxylation sites is 2. The molecule has 7 heteroatoms. The van der Waals surface area contributed by atoms with Gasteiger partial charge in [-0.15, -0.1) is 0 Å². The Bertz CT molecular complexity index is 614. The van der Waals surface area contributed by atoms with Crippen LogP contribution in [0.25, 0.3) is 0 Å². The zero-order valence-electron chi connectivity index (χ0n) is 11.8. The third-order valence-electron chi connectivity index (χ3n) is 3.51. The number of benzene rings is 1. The molecule has 2 aliphatic rings. The van der Waals surface area contributed by atoms with Gasteiger partial charge in [-0.2, -0.15) is 0 Å². The summed E-state index contributed by atoms with van der Waals surface area (Å²) in [4.78, 5) is 36.5. The average Bonchev–Trinajstić information content (AvgIpc) is 2.91. The van der Waals surface area contributed by atoms with Crippen LogP contribution in [0.2, 0.25) is 0 Å². The fraction of sp³-hybridized carbons (Fsp3) is 0.400. The molecule has 1 saturated heterocycles. The number of ether oxygens (including phenoxy) is 3. The maximum Gasteiger partial charge on any atom is 0.347 e. The first-order chi connectivity index (χ1) is 10.6. The first-order valence-corrected chi connectivity index (χ1v) is 7.03. The minimum atomic E-state index is -0.819. The molecule has 0 radical (unpaired) electrons. The quantitative estimate of drug-likeness (QED) is 0.760. The number of hydrogen-bond acceptors (Lipinski definition) is 6. The highest BCUT2D eigenvalue weighted by atomic mass is 16.6. The lowest BCUT2D eigenvalue weighted by Crippen LogP contribution is -2.40. The van der Waals surface area contributed by atoms with Crippen molar-refractivity contribution in [2.45, 2.75) is 18.9 Å². The maximum absolute atomic E-state index is 11.9. The van der Waals surface area contributed by atoms with E-state index >= 15 is 0 Å². The Kier molecular flexibility index (Phi) is 3.95. The van der Waals surface area contributed by atoms with Gasteiger partial charge >= 0.3 is 11.9 Å². The highest BCUT2D eigenvalue weighted by molar-refractivity contribution is 5.98. The number of cyclic esters (lactones) is 1. The largest absolute Gasteiger partial charge is 0.482 e. The Morgan fingerprint density at radius 3 is 2.86 bits per heavy atom. The van der Waals surface area contributed by atoms with Crippen molar-refractivity contribution in [3.8, 4) is 5.75 Å². The van der Waals surface area contributed by atoms with Crippen LogP contribution in [0.15, 0.2) is 24.3 Å². The third-order valence-corrected chi connectivity index (χ3v) is 3.51. The number of rotatable bonds is 4. The van der Waals surface area contributed by atoms with Crippen LogP contribution in [-0.4, -0.2) is 43.7 Å². The molecule has 0 bridgehead atoms. The predicted molar refractivity (Wildman–Crippen MR) is 74.4 cm³/mol. The Morgan fingerprint density at radius 1 is 1.27 bits per heavy atom. The van der Waals surface area contributed by atoms with Crippen molar-refractivity contribution in [3.05, 3.63) is 24.3 Å². The summed E-state index contributed by atoms with van der Waals surface area (Å²) >= 11 is 0. The predicted octanol–water partition coefficient (Wildman–Crippen LogP) is 0.661. The summed E-state index contributed by atoms with van der Waals surface area (Å²) in [5.74, 6) is -0.650. The number of amides is 1. The van der Waals surface area contributed by atoms with Gasteiger partial charge < -0.3 is 19.1 Å². The van der Waals surface area contributed by atoms with Gasteiger partial charge in [0.25, 0.3) is 5.91 Å².